The summed E-state index contributed by atoms with van der Waals surface area (Å²) in [5.74, 6) is -0.644. The summed E-state index contributed by atoms with van der Waals surface area (Å²) in [7, 11) is 0. The number of ether oxygens (including phenoxy) is 1. The molecule has 2 aromatic carbocycles. The fourth-order valence-corrected chi connectivity index (χ4v) is 3.96. The molecule has 31 heavy (non-hydrogen) atoms. The van der Waals surface area contributed by atoms with Crippen LogP contribution in [0.4, 0.5) is 10.5 Å². The Morgan fingerprint density at radius 1 is 1.19 bits per heavy atom. The van der Waals surface area contributed by atoms with Crippen LogP contribution >= 0.6 is 11.6 Å². The van der Waals surface area contributed by atoms with Gasteiger partial charge in [-0.25, -0.2) is 9.59 Å². The molecule has 0 spiro atoms. The van der Waals surface area contributed by atoms with Crippen LogP contribution in [0.25, 0.3) is 0 Å². The summed E-state index contributed by atoms with van der Waals surface area (Å²) in [6, 6.07) is 13.3. The molecule has 0 aromatic heterocycles. The number of cyclic esters (lactones) is 1. The number of para-hydroxylation sites is 1. The summed E-state index contributed by atoms with van der Waals surface area (Å²) in [4.78, 5) is 39.3. The minimum Gasteiger partial charge on any atom is -0.456 e. The van der Waals surface area contributed by atoms with Gasteiger partial charge in [-0.2, -0.15) is 0 Å². The number of nitrogens with zero attached hydrogens (tertiary/aromatic N) is 1. The van der Waals surface area contributed by atoms with Crippen molar-refractivity contribution >= 4 is 35.2 Å². The van der Waals surface area contributed by atoms with Crippen molar-refractivity contribution in [2.75, 3.05) is 18.5 Å². The molecule has 2 aliphatic rings. The third kappa shape index (κ3) is 4.14. The van der Waals surface area contributed by atoms with Gasteiger partial charge in [0, 0.05) is 10.7 Å². The maximum atomic E-state index is 12.9. The third-order valence-electron chi connectivity index (χ3n) is 5.36. The zero-order valence-electron chi connectivity index (χ0n) is 17.1. The second kappa shape index (κ2) is 8.43. The molecule has 0 saturated carbocycles. The first-order valence-corrected chi connectivity index (χ1v) is 10.4. The van der Waals surface area contributed by atoms with Crippen molar-refractivity contribution in [3.05, 3.63) is 76.0 Å². The summed E-state index contributed by atoms with van der Waals surface area (Å²) in [5.41, 5.74) is 3.14. The van der Waals surface area contributed by atoms with E-state index in [9.17, 15) is 14.4 Å². The van der Waals surface area contributed by atoms with Gasteiger partial charge in [0.15, 0.2) is 0 Å². The van der Waals surface area contributed by atoms with E-state index in [0.717, 1.165) is 5.56 Å². The Labute approximate surface area is 185 Å². The Hall–Kier alpha value is -3.32. The number of carbonyl (C=O) groups is 3. The summed E-state index contributed by atoms with van der Waals surface area (Å²) in [5, 5.41) is 6.23. The zero-order valence-corrected chi connectivity index (χ0v) is 17.9. The Bertz CT molecular complexity index is 1080. The van der Waals surface area contributed by atoms with E-state index in [1.807, 2.05) is 38.1 Å². The number of hydrogen-bond acceptors (Lipinski definition) is 4. The van der Waals surface area contributed by atoms with Gasteiger partial charge in [-0.05, 0) is 35.2 Å². The lowest BCUT2D eigenvalue weighted by Gasteiger charge is -2.32. The smallest absolute Gasteiger partial charge is 0.338 e. The van der Waals surface area contributed by atoms with Crippen molar-refractivity contribution in [2.45, 2.75) is 25.8 Å². The van der Waals surface area contributed by atoms with Crippen molar-refractivity contribution in [3.63, 3.8) is 0 Å². The van der Waals surface area contributed by atoms with Gasteiger partial charge in [-0.3, -0.25) is 9.69 Å². The van der Waals surface area contributed by atoms with Crippen molar-refractivity contribution in [1.82, 2.24) is 10.2 Å². The SMILES string of the molecule is CC(C)c1ccccc1NC(=O)CN1C(=O)N[C@H](c2ccc(Cl)cc2)C2=C1COC2=O. The first-order valence-electron chi connectivity index (χ1n) is 9.97. The van der Waals surface area contributed by atoms with E-state index in [4.69, 9.17) is 16.3 Å². The van der Waals surface area contributed by atoms with Crippen LogP contribution in [0, 0.1) is 0 Å². The number of amides is 3. The van der Waals surface area contributed by atoms with Crippen molar-refractivity contribution < 1.29 is 19.1 Å². The van der Waals surface area contributed by atoms with Gasteiger partial charge in [0.25, 0.3) is 0 Å². The van der Waals surface area contributed by atoms with Gasteiger partial charge < -0.3 is 15.4 Å². The van der Waals surface area contributed by atoms with E-state index < -0.39 is 18.0 Å². The molecule has 8 heteroatoms. The molecule has 0 radical (unpaired) electrons. The van der Waals surface area contributed by atoms with Gasteiger partial charge in [-0.1, -0.05) is 55.8 Å². The van der Waals surface area contributed by atoms with Gasteiger partial charge in [0.05, 0.1) is 17.3 Å². The molecule has 0 bridgehead atoms. The third-order valence-corrected chi connectivity index (χ3v) is 5.61. The van der Waals surface area contributed by atoms with E-state index >= 15 is 0 Å². The van der Waals surface area contributed by atoms with Gasteiger partial charge in [0.2, 0.25) is 5.91 Å². The van der Waals surface area contributed by atoms with Gasteiger partial charge in [0.1, 0.15) is 13.2 Å². The van der Waals surface area contributed by atoms with Crippen molar-refractivity contribution in [1.29, 1.82) is 0 Å². The van der Waals surface area contributed by atoms with Gasteiger partial charge >= 0.3 is 12.0 Å². The molecule has 7 nitrogen and oxygen atoms in total. The molecule has 2 N–H and O–H groups in total. The number of halogens is 1. The standard InChI is InChI=1S/C23H22ClN3O4/c1-13(2)16-5-3-4-6-17(16)25-19(28)11-27-18-12-31-22(29)20(18)21(26-23(27)30)14-7-9-15(24)10-8-14/h3-10,13,21H,11-12H2,1-2H3,(H,25,28)(H,26,30)/t21-/m1/s1. The minimum absolute atomic E-state index is 0.0540. The highest BCUT2D eigenvalue weighted by atomic mass is 35.5. The maximum Gasteiger partial charge on any atom is 0.338 e. The molecule has 2 heterocycles. The second-order valence-corrected chi connectivity index (χ2v) is 8.18. The molecular formula is C23H22ClN3O4. The Morgan fingerprint density at radius 3 is 2.61 bits per heavy atom. The zero-order chi connectivity index (χ0) is 22.1. The van der Waals surface area contributed by atoms with Crippen LogP contribution < -0.4 is 10.6 Å². The van der Waals surface area contributed by atoms with E-state index in [0.29, 0.717) is 27.5 Å². The number of rotatable bonds is 5. The lowest BCUT2D eigenvalue weighted by atomic mass is 9.96. The molecule has 0 unspecified atom stereocenters. The average Bonchev–Trinajstić information content (AvgIpc) is 3.12. The first-order chi connectivity index (χ1) is 14.8. The molecule has 4 rings (SSSR count). The van der Waals surface area contributed by atoms with E-state index in [1.54, 1.807) is 24.3 Å². The number of hydrogen-bond donors (Lipinski definition) is 2. The monoisotopic (exact) mass is 439 g/mol. The molecule has 2 aromatic rings. The highest BCUT2D eigenvalue weighted by molar-refractivity contribution is 6.30. The van der Waals surface area contributed by atoms with Crippen LogP contribution in [0.15, 0.2) is 59.8 Å². The molecule has 2 aliphatic heterocycles. The molecular weight excluding hydrogens is 418 g/mol. The normalized spacial score (nSPS) is 18.1. The van der Waals surface area contributed by atoms with Crippen LogP contribution in [0.1, 0.15) is 36.9 Å². The highest BCUT2D eigenvalue weighted by Crippen LogP contribution is 2.35. The summed E-state index contributed by atoms with van der Waals surface area (Å²) in [6.07, 6.45) is 0. The van der Waals surface area contributed by atoms with E-state index in [1.165, 1.54) is 4.90 Å². The molecule has 0 fully saturated rings. The first kappa shape index (κ1) is 20.9. The molecule has 0 saturated heterocycles. The molecule has 1 atom stereocenters. The van der Waals surface area contributed by atoms with Crippen LogP contribution in [0.2, 0.25) is 5.02 Å². The maximum absolute atomic E-state index is 12.9. The summed E-state index contributed by atoms with van der Waals surface area (Å²) >= 11 is 5.95. The summed E-state index contributed by atoms with van der Waals surface area (Å²) < 4.78 is 5.20. The summed E-state index contributed by atoms with van der Waals surface area (Å²) in [6.45, 7) is 3.79. The topological polar surface area (TPSA) is 87.7 Å². The second-order valence-electron chi connectivity index (χ2n) is 7.75. The number of benzene rings is 2. The number of urea groups is 1. The largest absolute Gasteiger partial charge is 0.456 e. The van der Waals surface area contributed by atoms with E-state index in [2.05, 4.69) is 10.6 Å². The van der Waals surface area contributed by atoms with Gasteiger partial charge in [-0.15, -0.1) is 0 Å². The number of esters is 1. The quantitative estimate of drug-likeness (QED) is 0.690. The van der Waals surface area contributed by atoms with Crippen LogP contribution in [-0.2, 0) is 14.3 Å². The molecule has 160 valence electrons. The molecule has 0 aliphatic carbocycles. The minimum atomic E-state index is -0.657. The van der Waals surface area contributed by atoms with E-state index in [-0.39, 0.29) is 25.0 Å². The van der Waals surface area contributed by atoms with Crippen LogP contribution in [0.3, 0.4) is 0 Å². The number of anilines is 1. The highest BCUT2D eigenvalue weighted by Gasteiger charge is 2.42. The van der Waals surface area contributed by atoms with Crippen molar-refractivity contribution in [2.24, 2.45) is 0 Å². The average molecular weight is 440 g/mol. The predicted octanol–water partition coefficient (Wildman–Crippen LogP) is 3.98. The Balaban J connectivity index is 1.59. The van der Waals surface area contributed by atoms with Crippen molar-refractivity contribution in [3.8, 4) is 0 Å². The number of nitrogens with one attached hydrogen (secondary N) is 2. The lowest BCUT2D eigenvalue weighted by molar-refractivity contribution is -0.136. The fourth-order valence-electron chi connectivity index (χ4n) is 3.83. The lowest BCUT2D eigenvalue weighted by Crippen LogP contribution is -2.49. The van der Waals surface area contributed by atoms with Crippen LogP contribution in [-0.4, -0.2) is 36.0 Å². The number of carbonyl (C=O) groups excluding carboxylic acids is 3. The fraction of sp³-hybridized carbons (Fsp3) is 0.261. The Kier molecular flexibility index (Phi) is 5.69. The molecule has 3 amide bonds. The van der Waals surface area contributed by atoms with Crippen LogP contribution in [0.5, 0.6) is 0 Å². The predicted molar refractivity (Wildman–Crippen MR) is 117 cm³/mol. The Morgan fingerprint density at radius 2 is 1.90 bits per heavy atom.